The van der Waals surface area contributed by atoms with E-state index in [0.717, 1.165) is 24.1 Å². The number of anilines is 1. The Morgan fingerprint density at radius 2 is 2.38 bits per heavy atom. The number of nitrogens with two attached hydrogens (primary N) is 1. The number of piperazine rings is 1. The molecule has 4 nitrogen and oxygen atoms in total. The van der Waals surface area contributed by atoms with Gasteiger partial charge in [0.25, 0.3) is 0 Å². The van der Waals surface area contributed by atoms with Crippen LogP contribution in [0.3, 0.4) is 0 Å². The summed E-state index contributed by atoms with van der Waals surface area (Å²) in [5.74, 6) is 0. The van der Waals surface area contributed by atoms with Crippen LogP contribution in [0.1, 0.15) is 0 Å². The van der Waals surface area contributed by atoms with E-state index in [2.05, 4.69) is 37.8 Å². The molecule has 1 aliphatic rings. The van der Waals surface area contributed by atoms with Crippen molar-refractivity contribution in [3.8, 4) is 0 Å². The normalized spacial score (nSPS) is 22.4. The van der Waals surface area contributed by atoms with Crippen LogP contribution < -0.4 is 10.6 Å². The number of nitrogens with zero attached hydrogens (tertiary/aromatic N) is 3. The Morgan fingerprint density at radius 1 is 1.56 bits per heavy atom. The second-order valence-corrected chi connectivity index (χ2v) is 5.03. The summed E-state index contributed by atoms with van der Waals surface area (Å²) in [7, 11) is 2.14. The number of hydrogen-bond donors (Lipinski definition) is 1. The minimum atomic E-state index is 0.387. The smallest absolute Gasteiger partial charge is 0.0592 e. The van der Waals surface area contributed by atoms with Gasteiger partial charge in [0.1, 0.15) is 0 Å². The third kappa shape index (κ3) is 2.36. The SMILES string of the molecule is CN1CCN(c2ccncc2Br)C(CN)C1. The summed E-state index contributed by atoms with van der Waals surface area (Å²) in [4.78, 5) is 8.78. The number of pyridine rings is 1. The Balaban J connectivity index is 2.22. The van der Waals surface area contributed by atoms with Gasteiger partial charge in [0, 0.05) is 38.6 Å². The van der Waals surface area contributed by atoms with Crippen LogP contribution >= 0.6 is 15.9 Å². The summed E-state index contributed by atoms with van der Waals surface area (Å²) in [6, 6.07) is 2.43. The summed E-state index contributed by atoms with van der Waals surface area (Å²) in [5.41, 5.74) is 7.04. The third-order valence-corrected chi connectivity index (χ3v) is 3.63. The Bertz CT molecular complexity index is 358. The molecule has 5 heteroatoms. The molecule has 1 unspecified atom stereocenters. The average Bonchev–Trinajstić information content (AvgIpc) is 2.30. The van der Waals surface area contributed by atoms with Crippen LogP contribution in [0.2, 0.25) is 0 Å². The van der Waals surface area contributed by atoms with Crippen molar-refractivity contribution in [1.82, 2.24) is 9.88 Å². The fourth-order valence-electron chi connectivity index (χ4n) is 2.13. The molecule has 0 spiro atoms. The summed E-state index contributed by atoms with van der Waals surface area (Å²) < 4.78 is 1.04. The van der Waals surface area contributed by atoms with Gasteiger partial charge >= 0.3 is 0 Å². The van der Waals surface area contributed by atoms with Gasteiger partial charge in [-0.25, -0.2) is 0 Å². The molecule has 0 amide bonds. The number of likely N-dealkylation sites (N-methyl/N-ethyl adjacent to an activating group) is 1. The van der Waals surface area contributed by atoms with Crippen LogP contribution in [0.5, 0.6) is 0 Å². The number of hydrogen-bond acceptors (Lipinski definition) is 4. The Kier molecular flexibility index (Phi) is 3.78. The standard InChI is InChI=1S/C11H17BrN4/c1-15-4-5-16(9(6-13)8-15)11-2-3-14-7-10(11)12/h2-3,7,9H,4-6,8,13H2,1H3. The lowest BCUT2D eigenvalue weighted by molar-refractivity contribution is 0.269. The van der Waals surface area contributed by atoms with E-state index in [1.165, 1.54) is 5.69 Å². The van der Waals surface area contributed by atoms with Crippen molar-refractivity contribution in [2.45, 2.75) is 6.04 Å². The van der Waals surface area contributed by atoms with Gasteiger partial charge in [0.2, 0.25) is 0 Å². The maximum Gasteiger partial charge on any atom is 0.0592 e. The van der Waals surface area contributed by atoms with E-state index in [1.54, 1.807) is 0 Å². The van der Waals surface area contributed by atoms with Crippen LogP contribution in [0, 0.1) is 0 Å². The van der Waals surface area contributed by atoms with Gasteiger partial charge in [-0.2, -0.15) is 0 Å². The van der Waals surface area contributed by atoms with Gasteiger partial charge in [0.15, 0.2) is 0 Å². The highest BCUT2D eigenvalue weighted by atomic mass is 79.9. The van der Waals surface area contributed by atoms with Crippen molar-refractivity contribution in [2.75, 3.05) is 38.1 Å². The van der Waals surface area contributed by atoms with Gasteiger partial charge in [-0.15, -0.1) is 0 Å². The molecule has 1 saturated heterocycles. The maximum atomic E-state index is 5.84. The van der Waals surface area contributed by atoms with E-state index < -0.39 is 0 Å². The Hall–Kier alpha value is -0.650. The second-order valence-electron chi connectivity index (χ2n) is 4.17. The molecule has 1 atom stereocenters. The topological polar surface area (TPSA) is 45.4 Å². The van der Waals surface area contributed by atoms with E-state index in [0.29, 0.717) is 12.6 Å². The van der Waals surface area contributed by atoms with Crippen molar-refractivity contribution in [2.24, 2.45) is 5.73 Å². The molecule has 2 rings (SSSR count). The highest BCUT2D eigenvalue weighted by Crippen LogP contribution is 2.27. The van der Waals surface area contributed by atoms with Crippen molar-refractivity contribution in [3.05, 3.63) is 22.9 Å². The number of aromatic nitrogens is 1. The number of rotatable bonds is 2. The molecule has 1 aromatic heterocycles. The van der Waals surface area contributed by atoms with Crippen LogP contribution in [-0.4, -0.2) is 49.2 Å². The van der Waals surface area contributed by atoms with E-state index >= 15 is 0 Å². The molecule has 1 aliphatic heterocycles. The van der Waals surface area contributed by atoms with E-state index in [1.807, 2.05) is 18.5 Å². The van der Waals surface area contributed by atoms with Crippen molar-refractivity contribution >= 4 is 21.6 Å². The zero-order valence-electron chi connectivity index (χ0n) is 9.43. The lowest BCUT2D eigenvalue weighted by atomic mass is 10.1. The minimum absolute atomic E-state index is 0.387. The molecular formula is C11H17BrN4. The number of halogens is 1. The first-order valence-electron chi connectivity index (χ1n) is 5.47. The zero-order chi connectivity index (χ0) is 11.5. The second kappa shape index (κ2) is 5.12. The lowest BCUT2D eigenvalue weighted by Crippen LogP contribution is -2.55. The first kappa shape index (κ1) is 11.8. The van der Waals surface area contributed by atoms with Gasteiger partial charge in [-0.1, -0.05) is 0 Å². The molecule has 0 aliphatic carbocycles. The maximum absolute atomic E-state index is 5.84. The highest BCUT2D eigenvalue weighted by molar-refractivity contribution is 9.10. The van der Waals surface area contributed by atoms with Crippen LogP contribution in [0.15, 0.2) is 22.9 Å². The molecule has 2 heterocycles. The minimum Gasteiger partial charge on any atom is -0.364 e. The average molecular weight is 285 g/mol. The lowest BCUT2D eigenvalue weighted by Gasteiger charge is -2.41. The molecule has 0 radical (unpaired) electrons. The zero-order valence-corrected chi connectivity index (χ0v) is 11.0. The molecule has 16 heavy (non-hydrogen) atoms. The van der Waals surface area contributed by atoms with Gasteiger partial charge in [-0.3, -0.25) is 4.98 Å². The Morgan fingerprint density at radius 3 is 3.06 bits per heavy atom. The summed E-state index contributed by atoms with van der Waals surface area (Å²) in [5, 5.41) is 0. The molecular weight excluding hydrogens is 268 g/mol. The predicted molar refractivity (Wildman–Crippen MR) is 69.6 cm³/mol. The monoisotopic (exact) mass is 284 g/mol. The van der Waals surface area contributed by atoms with Crippen LogP contribution in [0.25, 0.3) is 0 Å². The Labute approximate surface area is 105 Å². The van der Waals surface area contributed by atoms with E-state index in [4.69, 9.17) is 5.73 Å². The molecule has 0 saturated carbocycles. The predicted octanol–water partition coefficient (Wildman–Crippen LogP) is 0.923. The first-order valence-corrected chi connectivity index (χ1v) is 6.26. The van der Waals surface area contributed by atoms with Crippen molar-refractivity contribution in [3.63, 3.8) is 0 Å². The molecule has 1 fully saturated rings. The van der Waals surface area contributed by atoms with Gasteiger partial charge in [-0.05, 0) is 29.0 Å². The van der Waals surface area contributed by atoms with Gasteiger partial charge < -0.3 is 15.5 Å². The van der Waals surface area contributed by atoms with E-state index in [9.17, 15) is 0 Å². The molecule has 88 valence electrons. The molecule has 0 bridgehead atoms. The molecule has 0 aromatic carbocycles. The van der Waals surface area contributed by atoms with E-state index in [-0.39, 0.29) is 0 Å². The van der Waals surface area contributed by atoms with Crippen LogP contribution in [-0.2, 0) is 0 Å². The molecule has 1 aromatic rings. The highest BCUT2D eigenvalue weighted by Gasteiger charge is 2.25. The summed E-state index contributed by atoms with van der Waals surface area (Å²) in [6.45, 7) is 3.79. The quantitative estimate of drug-likeness (QED) is 0.878. The molecule has 2 N–H and O–H groups in total. The van der Waals surface area contributed by atoms with Crippen molar-refractivity contribution in [1.29, 1.82) is 0 Å². The summed E-state index contributed by atoms with van der Waals surface area (Å²) >= 11 is 3.55. The van der Waals surface area contributed by atoms with Gasteiger partial charge in [0.05, 0.1) is 16.2 Å². The van der Waals surface area contributed by atoms with Crippen LogP contribution in [0.4, 0.5) is 5.69 Å². The fraction of sp³-hybridized carbons (Fsp3) is 0.545. The first-order chi connectivity index (χ1) is 7.72. The largest absolute Gasteiger partial charge is 0.364 e. The summed E-state index contributed by atoms with van der Waals surface area (Å²) in [6.07, 6.45) is 3.66. The third-order valence-electron chi connectivity index (χ3n) is 3.02. The fourth-order valence-corrected chi connectivity index (χ4v) is 2.61. The van der Waals surface area contributed by atoms with Crippen molar-refractivity contribution < 1.29 is 0 Å².